The van der Waals surface area contributed by atoms with Gasteiger partial charge in [-0.1, -0.05) is 61.7 Å². The molecule has 67 heavy (non-hydrogen) atoms. The van der Waals surface area contributed by atoms with Crippen LogP contribution in [0.1, 0.15) is 24.3 Å². The summed E-state index contributed by atoms with van der Waals surface area (Å²) in [7, 11) is 4.35. The van der Waals surface area contributed by atoms with Gasteiger partial charge < -0.3 is 35.2 Å². The highest BCUT2D eigenvalue weighted by Gasteiger charge is 2.26. The molecule has 0 atom stereocenters. The maximum Gasteiger partial charge on any atom is 0.247 e. The van der Waals surface area contributed by atoms with Crippen LogP contribution in [-0.2, 0) is 9.59 Å². The molecule has 12 heteroatoms. The molecule has 0 unspecified atom stereocenters. The van der Waals surface area contributed by atoms with E-state index in [0.29, 0.717) is 28.7 Å². The molecule has 2 aliphatic rings. The van der Waals surface area contributed by atoms with E-state index in [1.807, 2.05) is 60.7 Å². The number of aromatic nitrogens is 4. The summed E-state index contributed by atoms with van der Waals surface area (Å²) in [5.41, 5.74) is 12.0. The monoisotopic (exact) mass is 887 g/mol. The molecule has 0 saturated carbocycles. The average molecular weight is 888 g/mol. The number of aromatic amines is 1. The topological polar surface area (TPSA) is 124 Å². The van der Waals surface area contributed by atoms with E-state index in [9.17, 15) is 9.59 Å². The van der Waals surface area contributed by atoms with Gasteiger partial charge in [0.05, 0.1) is 11.4 Å². The third-order valence-corrected chi connectivity index (χ3v) is 13.1. The summed E-state index contributed by atoms with van der Waals surface area (Å²) in [6.45, 7) is 13.5. The number of carbonyl (C=O) groups is 2. The Labute approximate surface area is 390 Å². The first-order valence-corrected chi connectivity index (χ1v) is 22.8. The smallest absolute Gasteiger partial charge is 0.247 e. The van der Waals surface area contributed by atoms with Crippen molar-refractivity contribution in [1.82, 2.24) is 29.5 Å². The lowest BCUT2D eigenvalue weighted by Gasteiger charge is -2.34. The van der Waals surface area contributed by atoms with Gasteiger partial charge in [-0.25, -0.2) is 9.97 Å². The van der Waals surface area contributed by atoms with Crippen LogP contribution in [0.5, 0.6) is 5.75 Å². The predicted molar refractivity (Wildman–Crippen MR) is 270 cm³/mol. The van der Waals surface area contributed by atoms with Crippen molar-refractivity contribution >= 4 is 50.9 Å². The van der Waals surface area contributed by atoms with Crippen molar-refractivity contribution in [2.75, 3.05) is 68.9 Å². The number of carbonyl (C=O) groups excluding carboxylic acids is 2. The summed E-state index contributed by atoms with van der Waals surface area (Å²) in [5.74, 6) is 0.278. The van der Waals surface area contributed by atoms with E-state index in [1.165, 1.54) is 23.4 Å². The maximum absolute atomic E-state index is 13.0. The molecule has 0 radical (unpaired) electrons. The molecule has 4 aromatic carbocycles. The summed E-state index contributed by atoms with van der Waals surface area (Å²) >= 11 is 0. The second kappa shape index (κ2) is 18.6. The lowest BCUT2D eigenvalue weighted by atomic mass is 9.88. The van der Waals surface area contributed by atoms with Crippen LogP contribution in [0, 0.1) is 0 Å². The molecule has 2 aliphatic heterocycles. The Morgan fingerprint density at radius 1 is 0.657 bits per heavy atom. The number of fused-ring (bicyclic) bond motifs is 2. The number of amides is 2. The average Bonchev–Trinajstić information content (AvgIpc) is 3.91. The number of anilines is 3. The van der Waals surface area contributed by atoms with Gasteiger partial charge in [0.1, 0.15) is 5.65 Å². The molecule has 0 bridgehead atoms. The van der Waals surface area contributed by atoms with E-state index >= 15 is 0 Å². The van der Waals surface area contributed by atoms with Gasteiger partial charge >= 0.3 is 0 Å². The molecule has 0 aliphatic carbocycles. The van der Waals surface area contributed by atoms with Crippen LogP contribution in [0.3, 0.4) is 0 Å². The molecule has 2 saturated heterocycles. The van der Waals surface area contributed by atoms with Crippen molar-refractivity contribution < 1.29 is 14.4 Å². The summed E-state index contributed by atoms with van der Waals surface area (Å²) in [5, 5.41) is 7.72. The molecule has 336 valence electrons. The molecule has 10 rings (SSSR count). The first-order valence-electron chi connectivity index (χ1n) is 22.8. The number of piperazine rings is 1. The minimum atomic E-state index is -0.354. The molecule has 12 nitrogen and oxygen atoms in total. The van der Waals surface area contributed by atoms with Crippen LogP contribution in [0.4, 0.5) is 17.1 Å². The van der Waals surface area contributed by atoms with Crippen molar-refractivity contribution in [2.45, 2.75) is 18.8 Å². The van der Waals surface area contributed by atoms with Crippen LogP contribution in [-0.4, -0.2) is 94.7 Å². The molecule has 3 N–H and O–H groups in total. The summed E-state index contributed by atoms with van der Waals surface area (Å²) in [4.78, 5) is 53.1. The van der Waals surface area contributed by atoms with Gasteiger partial charge in [0.2, 0.25) is 11.8 Å². The number of pyridine rings is 2. The van der Waals surface area contributed by atoms with Gasteiger partial charge in [-0.05, 0) is 141 Å². The van der Waals surface area contributed by atoms with Gasteiger partial charge in [-0.3, -0.25) is 9.59 Å². The number of H-pyrrole nitrogens is 1. The van der Waals surface area contributed by atoms with Gasteiger partial charge in [-0.2, -0.15) is 4.73 Å². The molecule has 6 heterocycles. The van der Waals surface area contributed by atoms with Gasteiger partial charge in [0, 0.05) is 89.2 Å². The third kappa shape index (κ3) is 8.84. The molecular formula is C55H53N9O3. The lowest BCUT2D eigenvalue weighted by Crippen LogP contribution is -2.44. The fraction of sp³-hybridized carbons (Fsp3) is 0.200. The zero-order chi connectivity index (χ0) is 46.0. The van der Waals surface area contributed by atoms with Crippen LogP contribution in [0.25, 0.3) is 66.8 Å². The number of hydrogen-bond acceptors (Lipinski definition) is 8. The highest BCUT2D eigenvalue weighted by molar-refractivity contribution is 6.06. The van der Waals surface area contributed by atoms with Crippen molar-refractivity contribution in [1.29, 1.82) is 0 Å². The zero-order valence-corrected chi connectivity index (χ0v) is 37.8. The molecule has 8 aromatic rings. The highest BCUT2D eigenvalue weighted by atomic mass is 16.7. The maximum atomic E-state index is 13.0. The number of rotatable bonds is 12. The van der Waals surface area contributed by atoms with Gasteiger partial charge in [0.25, 0.3) is 0 Å². The summed E-state index contributed by atoms with van der Waals surface area (Å²) < 4.78 is 1.79. The van der Waals surface area contributed by atoms with E-state index in [2.05, 4.69) is 112 Å². The van der Waals surface area contributed by atoms with Crippen molar-refractivity contribution in [3.05, 3.63) is 159 Å². The van der Waals surface area contributed by atoms with Crippen LogP contribution in [0.15, 0.2) is 153 Å². The molecule has 4 aromatic heterocycles. The second-order valence-corrected chi connectivity index (χ2v) is 17.5. The van der Waals surface area contributed by atoms with E-state index in [0.717, 1.165) is 113 Å². The Kier molecular flexibility index (Phi) is 12.0. The highest BCUT2D eigenvalue weighted by Crippen LogP contribution is 2.44. The first kappa shape index (κ1) is 43.1. The predicted octanol–water partition coefficient (Wildman–Crippen LogP) is 10.2. The molecule has 0 spiro atoms. The van der Waals surface area contributed by atoms with E-state index in [1.54, 1.807) is 17.1 Å². The quantitative estimate of drug-likeness (QED) is 0.104. The number of benzene rings is 4. The normalized spacial score (nSPS) is 14.9. The van der Waals surface area contributed by atoms with Crippen LogP contribution >= 0.6 is 0 Å². The van der Waals surface area contributed by atoms with E-state index in [4.69, 9.17) is 14.8 Å². The number of nitrogens with one attached hydrogen (secondary N) is 3. The third-order valence-electron chi connectivity index (χ3n) is 13.1. The number of hydrogen-bond donors (Lipinski definition) is 3. The molecular weight excluding hydrogens is 835 g/mol. The SMILES string of the molecule is C=CC(=O)Nc1cc(On2c(-c3ccc(C4CCN(C)CC4)cc3)c(-c3cccc(NC(=O)C=C)c3)c3cccnc32)cc(-c2c(-c3ccc(N4CCN(C)CC4)cc3)[nH]c3ncccc23)c1. The van der Waals surface area contributed by atoms with Crippen molar-refractivity contribution in [3.63, 3.8) is 0 Å². The van der Waals surface area contributed by atoms with Crippen LogP contribution < -0.4 is 20.4 Å². The standard InChI is InChI=1S/C55H53N9O3/c1-5-48(65)58-42-11-7-10-40(32-42)51-47-13-9-25-57-55(47)64(53(51)39-16-14-36(15-17-39)37-22-26-61(3)27-23-37)67-45-34-41(33-43(35-45)59-49(66)6-2)50-46-12-8-24-56-54(46)60-52(50)38-18-20-44(21-19-38)63-30-28-62(4)29-31-63/h5-21,24-25,32-35,37H,1-2,22-23,26-31H2,3-4H3,(H,56,60)(H,58,65)(H,59,66). The Balaban J connectivity index is 1.13. The van der Waals surface area contributed by atoms with Crippen molar-refractivity contribution in [2.24, 2.45) is 0 Å². The largest absolute Gasteiger partial charge is 0.373 e. The van der Waals surface area contributed by atoms with Crippen molar-refractivity contribution in [3.8, 4) is 50.5 Å². The Hall–Kier alpha value is -7.80. The second-order valence-electron chi connectivity index (χ2n) is 17.5. The number of likely N-dealkylation sites (N-methyl/N-ethyl adjacent to an activating group) is 1. The number of nitrogens with zero attached hydrogens (tertiary/aromatic N) is 6. The Morgan fingerprint density at radius 3 is 2.04 bits per heavy atom. The molecule has 2 fully saturated rings. The van der Waals surface area contributed by atoms with Gasteiger partial charge in [0.15, 0.2) is 11.4 Å². The fourth-order valence-electron chi connectivity index (χ4n) is 9.54. The van der Waals surface area contributed by atoms with Crippen LogP contribution in [0.2, 0.25) is 0 Å². The lowest BCUT2D eigenvalue weighted by molar-refractivity contribution is -0.112. The zero-order valence-electron chi connectivity index (χ0n) is 37.8. The van der Waals surface area contributed by atoms with E-state index < -0.39 is 0 Å². The number of piperidine rings is 1. The summed E-state index contributed by atoms with van der Waals surface area (Å²) in [6, 6.07) is 39.0. The molecule has 2 amide bonds. The fourth-order valence-corrected chi connectivity index (χ4v) is 9.54. The Morgan fingerprint density at radius 2 is 1.31 bits per heavy atom. The first-order chi connectivity index (χ1) is 32.7. The number of likely N-dealkylation sites (tertiary alicyclic amines) is 1. The van der Waals surface area contributed by atoms with E-state index in [-0.39, 0.29) is 11.8 Å². The summed E-state index contributed by atoms with van der Waals surface area (Å²) in [6.07, 6.45) is 8.26. The minimum Gasteiger partial charge on any atom is -0.373 e. The Bertz CT molecular complexity index is 3140. The minimum absolute atomic E-state index is 0.301. The van der Waals surface area contributed by atoms with Gasteiger partial charge in [-0.15, -0.1) is 0 Å².